The first-order chi connectivity index (χ1) is 12.8. The average Bonchev–Trinajstić information content (AvgIpc) is 3.07. The number of benzene rings is 1. The lowest BCUT2D eigenvalue weighted by Crippen LogP contribution is -2.37. The van der Waals surface area contributed by atoms with Gasteiger partial charge in [0.2, 0.25) is 5.88 Å². The molecule has 0 aliphatic carbocycles. The van der Waals surface area contributed by atoms with E-state index >= 15 is 0 Å². The largest absolute Gasteiger partial charge is 0.444 e. The molecule has 0 saturated carbocycles. The van der Waals surface area contributed by atoms with E-state index in [9.17, 15) is 19.6 Å². The quantitative estimate of drug-likeness (QED) is 0.836. The second kappa shape index (κ2) is 6.72. The average molecular weight is 365 g/mol. The molecule has 1 aromatic heterocycles. The number of hydrogen-bond donors (Lipinski definition) is 1. The smallest absolute Gasteiger partial charge is 0.261 e. The molecule has 7 nitrogen and oxygen atoms in total. The van der Waals surface area contributed by atoms with E-state index in [0.717, 1.165) is 0 Å². The van der Waals surface area contributed by atoms with E-state index in [0.29, 0.717) is 23.3 Å². The molecular formula is C20H19N3O4. The Morgan fingerprint density at radius 3 is 2.56 bits per heavy atom. The maximum Gasteiger partial charge on any atom is 0.261 e. The van der Waals surface area contributed by atoms with E-state index in [2.05, 4.69) is 5.32 Å². The van der Waals surface area contributed by atoms with Crippen LogP contribution in [0, 0.1) is 25.2 Å². The fourth-order valence-corrected chi connectivity index (χ4v) is 3.01. The Balaban J connectivity index is 1.91. The van der Waals surface area contributed by atoms with Crippen LogP contribution in [0.15, 0.2) is 22.6 Å². The molecule has 2 heterocycles. The van der Waals surface area contributed by atoms with Gasteiger partial charge in [0.05, 0.1) is 11.1 Å². The molecule has 1 atom stereocenters. The van der Waals surface area contributed by atoms with Gasteiger partial charge >= 0.3 is 0 Å². The van der Waals surface area contributed by atoms with E-state index in [1.165, 1.54) is 23.1 Å². The number of aryl methyl sites for hydroxylation is 1. The summed E-state index contributed by atoms with van der Waals surface area (Å²) >= 11 is 0. The fourth-order valence-electron chi connectivity index (χ4n) is 3.01. The fraction of sp³-hybridized carbons (Fsp3) is 0.300. The standard InChI is InChI=1S/C20H19N3O4/c1-5-10(2)23-19(25)14-7-6-13(8-15(14)20(23)26)17(24)22-18-16(9-21)11(3)12(4)27-18/h6-8,10H,5H2,1-4H3,(H,22,24). The van der Waals surface area contributed by atoms with Crippen molar-refractivity contribution in [3.63, 3.8) is 0 Å². The summed E-state index contributed by atoms with van der Waals surface area (Å²) in [6.07, 6.45) is 0.646. The van der Waals surface area contributed by atoms with Gasteiger partial charge in [-0.1, -0.05) is 6.92 Å². The Hall–Kier alpha value is -3.40. The number of nitrogens with zero attached hydrogens (tertiary/aromatic N) is 2. The third kappa shape index (κ3) is 2.89. The molecule has 3 rings (SSSR count). The zero-order valence-electron chi connectivity index (χ0n) is 15.5. The minimum Gasteiger partial charge on any atom is -0.444 e. The van der Waals surface area contributed by atoms with Crippen LogP contribution in [0.1, 0.15) is 68.2 Å². The highest BCUT2D eigenvalue weighted by Crippen LogP contribution is 2.28. The Labute approximate surface area is 156 Å². The van der Waals surface area contributed by atoms with Crippen molar-refractivity contribution in [2.24, 2.45) is 0 Å². The SMILES string of the molecule is CCC(C)N1C(=O)c2ccc(C(=O)Nc3oc(C)c(C)c3C#N)cc2C1=O. The lowest BCUT2D eigenvalue weighted by molar-refractivity contribution is 0.0593. The first-order valence-corrected chi connectivity index (χ1v) is 8.63. The van der Waals surface area contributed by atoms with Crippen LogP contribution in [-0.2, 0) is 0 Å². The zero-order valence-corrected chi connectivity index (χ0v) is 15.5. The number of furan rings is 1. The summed E-state index contributed by atoms with van der Waals surface area (Å²) in [5.41, 5.74) is 1.62. The molecule has 3 amide bonds. The third-order valence-electron chi connectivity index (χ3n) is 4.94. The van der Waals surface area contributed by atoms with Crippen LogP contribution < -0.4 is 5.32 Å². The Bertz CT molecular complexity index is 1010. The maximum atomic E-state index is 12.6. The summed E-state index contributed by atoms with van der Waals surface area (Å²) in [6, 6.07) is 6.15. The monoisotopic (exact) mass is 365 g/mol. The molecule has 0 spiro atoms. The summed E-state index contributed by atoms with van der Waals surface area (Å²) in [5.74, 6) is -0.658. The predicted molar refractivity (Wildman–Crippen MR) is 97.5 cm³/mol. The first-order valence-electron chi connectivity index (χ1n) is 8.63. The number of hydrogen-bond acceptors (Lipinski definition) is 5. The number of nitrogens with one attached hydrogen (secondary N) is 1. The molecule has 2 aromatic rings. The van der Waals surface area contributed by atoms with Gasteiger partial charge in [0.15, 0.2) is 0 Å². The van der Waals surface area contributed by atoms with Crippen molar-refractivity contribution in [3.05, 3.63) is 51.8 Å². The molecule has 1 aliphatic heterocycles. The molecule has 1 unspecified atom stereocenters. The van der Waals surface area contributed by atoms with Crippen molar-refractivity contribution in [1.82, 2.24) is 4.90 Å². The highest BCUT2D eigenvalue weighted by molar-refractivity contribution is 6.22. The first kappa shape index (κ1) is 18.4. The Morgan fingerprint density at radius 1 is 1.26 bits per heavy atom. The highest BCUT2D eigenvalue weighted by Gasteiger charge is 2.38. The topological polar surface area (TPSA) is 103 Å². The van der Waals surface area contributed by atoms with Crippen molar-refractivity contribution in [2.75, 3.05) is 5.32 Å². The summed E-state index contributed by atoms with van der Waals surface area (Å²) < 4.78 is 5.44. The lowest BCUT2D eigenvalue weighted by Gasteiger charge is -2.20. The van der Waals surface area contributed by atoms with Gasteiger partial charge < -0.3 is 4.42 Å². The van der Waals surface area contributed by atoms with Crippen molar-refractivity contribution < 1.29 is 18.8 Å². The van der Waals surface area contributed by atoms with Gasteiger partial charge in [0.1, 0.15) is 17.4 Å². The maximum absolute atomic E-state index is 12.6. The number of anilines is 1. The summed E-state index contributed by atoms with van der Waals surface area (Å²) in [6.45, 7) is 7.14. The van der Waals surface area contributed by atoms with Crippen LogP contribution in [-0.4, -0.2) is 28.7 Å². The van der Waals surface area contributed by atoms with Gasteiger partial charge in [0, 0.05) is 17.2 Å². The van der Waals surface area contributed by atoms with Crippen LogP contribution >= 0.6 is 0 Å². The van der Waals surface area contributed by atoms with E-state index in [1.54, 1.807) is 20.8 Å². The van der Waals surface area contributed by atoms with Crippen molar-refractivity contribution in [3.8, 4) is 6.07 Å². The van der Waals surface area contributed by atoms with Gasteiger partial charge in [0.25, 0.3) is 17.7 Å². The number of fused-ring (bicyclic) bond motifs is 1. The second-order valence-electron chi connectivity index (χ2n) is 6.55. The normalized spacial score (nSPS) is 14.1. The van der Waals surface area contributed by atoms with Crippen LogP contribution in [0.25, 0.3) is 0 Å². The van der Waals surface area contributed by atoms with Crippen LogP contribution in [0.3, 0.4) is 0 Å². The van der Waals surface area contributed by atoms with E-state index in [4.69, 9.17) is 4.42 Å². The predicted octanol–water partition coefficient (Wildman–Crippen LogP) is 3.41. The van der Waals surface area contributed by atoms with E-state index in [1.807, 2.05) is 13.0 Å². The van der Waals surface area contributed by atoms with Crippen LogP contribution in [0.2, 0.25) is 0 Å². The van der Waals surface area contributed by atoms with Crippen LogP contribution in [0.4, 0.5) is 5.88 Å². The minimum absolute atomic E-state index is 0.0710. The molecule has 0 bridgehead atoms. The lowest BCUT2D eigenvalue weighted by atomic mass is 10.1. The molecule has 138 valence electrons. The van der Waals surface area contributed by atoms with E-state index in [-0.39, 0.29) is 34.5 Å². The molecule has 0 saturated heterocycles. The number of imide groups is 1. The molecule has 27 heavy (non-hydrogen) atoms. The van der Waals surface area contributed by atoms with Gasteiger partial charge in [-0.3, -0.25) is 24.6 Å². The Morgan fingerprint density at radius 2 is 1.93 bits per heavy atom. The molecule has 0 fully saturated rings. The van der Waals surface area contributed by atoms with E-state index < -0.39 is 11.8 Å². The van der Waals surface area contributed by atoms with Gasteiger partial charge in [-0.15, -0.1) is 0 Å². The minimum atomic E-state index is -0.523. The van der Waals surface area contributed by atoms with Gasteiger partial charge in [-0.05, 0) is 45.4 Å². The molecule has 7 heteroatoms. The molecule has 0 radical (unpaired) electrons. The molecular weight excluding hydrogens is 346 g/mol. The van der Waals surface area contributed by atoms with Crippen molar-refractivity contribution in [1.29, 1.82) is 5.26 Å². The van der Waals surface area contributed by atoms with Crippen molar-refractivity contribution in [2.45, 2.75) is 40.2 Å². The number of carbonyl (C=O) groups is 3. The van der Waals surface area contributed by atoms with Crippen molar-refractivity contribution >= 4 is 23.6 Å². The van der Waals surface area contributed by atoms with Gasteiger partial charge in [-0.2, -0.15) is 5.26 Å². The summed E-state index contributed by atoms with van der Waals surface area (Å²) in [4.78, 5) is 38.9. The number of amides is 3. The Kier molecular flexibility index (Phi) is 4.58. The third-order valence-corrected chi connectivity index (χ3v) is 4.94. The number of nitriles is 1. The molecule has 1 aliphatic rings. The number of rotatable bonds is 4. The zero-order chi connectivity index (χ0) is 19.9. The summed E-state index contributed by atoms with van der Waals surface area (Å²) in [5, 5.41) is 11.8. The molecule has 1 aromatic carbocycles. The highest BCUT2D eigenvalue weighted by atomic mass is 16.4. The molecule has 1 N–H and O–H groups in total. The second-order valence-corrected chi connectivity index (χ2v) is 6.55. The summed E-state index contributed by atoms with van der Waals surface area (Å²) in [7, 11) is 0. The van der Waals surface area contributed by atoms with Gasteiger partial charge in [-0.25, -0.2) is 0 Å². The number of carbonyl (C=O) groups excluding carboxylic acids is 3. The van der Waals surface area contributed by atoms with Crippen LogP contribution in [0.5, 0.6) is 0 Å².